The van der Waals surface area contributed by atoms with Gasteiger partial charge in [0.05, 0.1) is 32.6 Å². The van der Waals surface area contributed by atoms with Crippen molar-refractivity contribution in [2.75, 3.05) is 44.9 Å². The van der Waals surface area contributed by atoms with E-state index in [9.17, 15) is 14.7 Å². The van der Waals surface area contributed by atoms with Crippen molar-refractivity contribution in [1.82, 2.24) is 4.90 Å². The molecule has 1 aromatic heterocycles. The third kappa shape index (κ3) is 7.46. The first-order chi connectivity index (χ1) is 17.3. The number of carboxylic acid groups (broad SMARTS) is 1. The fraction of sp³-hybridized carbons (Fsp3) is 0.571. The van der Waals surface area contributed by atoms with Crippen LogP contribution in [0.4, 0.5) is 5.69 Å². The molecule has 2 unspecified atom stereocenters. The number of hydrogen-bond donors (Lipinski definition) is 1. The molecule has 7 nitrogen and oxygen atoms in total. The van der Waals surface area contributed by atoms with Crippen molar-refractivity contribution >= 4 is 28.9 Å². The van der Waals surface area contributed by atoms with Gasteiger partial charge in [-0.3, -0.25) is 4.79 Å². The summed E-state index contributed by atoms with van der Waals surface area (Å²) >= 11 is 1.34. The van der Waals surface area contributed by atoms with E-state index in [-0.39, 0.29) is 18.4 Å². The van der Waals surface area contributed by atoms with Crippen molar-refractivity contribution in [3.63, 3.8) is 0 Å². The van der Waals surface area contributed by atoms with E-state index < -0.39 is 5.97 Å². The van der Waals surface area contributed by atoms with E-state index in [1.54, 1.807) is 13.2 Å². The molecule has 1 N–H and O–H groups in total. The number of nitrogens with zero attached hydrogens (tertiary/aromatic N) is 2. The number of morpholine rings is 1. The second-order valence-electron chi connectivity index (χ2n) is 9.62. The number of carbonyl (C=O) groups is 2. The Hall–Kier alpha value is -2.58. The molecule has 198 valence electrons. The highest BCUT2D eigenvalue weighted by Crippen LogP contribution is 2.41. The van der Waals surface area contributed by atoms with Gasteiger partial charge in [-0.25, -0.2) is 4.79 Å². The summed E-state index contributed by atoms with van der Waals surface area (Å²) in [6.45, 7) is 9.57. The molecule has 3 rings (SSSR count). The molecule has 0 radical (unpaired) electrons. The van der Waals surface area contributed by atoms with Crippen molar-refractivity contribution in [1.29, 1.82) is 0 Å². The van der Waals surface area contributed by atoms with E-state index >= 15 is 0 Å². The van der Waals surface area contributed by atoms with E-state index in [0.717, 1.165) is 28.3 Å². The van der Waals surface area contributed by atoms with Crippen LogP contribution in [-0.2, 0) is 16.1 Å². The Kier molecular flexibility index (Phi) is 10.6. The summed E-state index contributed by atoms with van der Waals surface area (Å²) in [5.74, 6) is 0.473. The molecule has 1 aliphatic heterocycles. The van der Waals surface area contributed by atoms with E-state index in [0.29, 0.717) is 43.6 Å². The minimum atomic E-state index is -0.928. The Morgan fingerprint density at radius 1 is 1.17 bits per heavy atom. The number of ether oxygens (including phenoxy) is 2. The topological polar surface area (TPSA) is 79.3 Å². The van der Waals surface area contributed by atoms with Gasteiger partial charge in [0.2, 0.25) is 5.91 Å². The Labute approximate surface area is 219 Å². The molecule has 2 aromatic rings. The van der Waals surface area contributed by atoms with E-state index in [1.165, 1.54) is 30.6 Å². The van der Waals surface area contributed by atoms with Crippen LogP contribution in [0.1, 0.15) is 72.5 Å². The number of aromatic carboxylic acids is 1. The third-order valence-electron chi connectivity index (χ3n) is 7.04. The summed E-state index contributed by atoms with van der Waals surface area (Å²) in [6, 6.07) is 9.56. The number of carbonyl (C=O) groups excluding carboxylic acids is 1. The zero-order valence-corrected chi connectivity index (χ0v) is 22.8. The molecular weight excluding hydrogens is 476 g/mol. The average molecular weight is 517 g/mol. The number of thiophene rings is 1. The molecule has 1 aromatic carbocycles. The van der Waals surface area contributed by atoms with E-state index in [4.69, 9.17) is 9.47 Å². The van der Waals surface area contributed by atoms with Gasteiger partial charge in [-0.15, -0.1) is 11.3 Å². The largest absolute Gasteiger partial charge is 0.497 e. The molecule has 36 heavy (non-hydrogen) atoms. The molecule has 2 atom stereocenters. The van der Waals surface area contributed by atoms with Crippen molar-refractivity contribution in [2.45, 2.75) is 58.9 Å². The van der Waals surface area contributed by atoms with Crippen molar-refractivity contribution in [2.24, 2.45) is 5.92 Å². The number of hydrogen-bond acceptors (Lipinski definition) is 6. The van der Waals surface area contributed by atoms with Gasteiger partial charge in [-0.05, 0) is 35.6 Å². The summed E-state index contributed by atoms with van der Waals surface area (Å²) < 4.78 is 10.7. The number of methoxy groups -OCH3 is 1. The van der Waals surface area contributed by atoms with Crippen LogP contribution in [-0.4, -0.2) is 61.8 Å². The van der Waals surface area contributed by atoms with Crippen molar-refractivity contribution in [3.05, 3.63) is 45.6 Å². The lowest BCUT2D eigenvalue weighted by Crippen LogP contribution is -2.45. The Bertz CT molecular complexity index is 984. The van der Waals surface area contributed by atoms with Crippen LogP contribution < -0.4 is 9.64 Å². The maximum Gasteiger partial charge on any atom is 0.345 e. The lowest BCUT2D eigenvalue weighted by atomic mass is 9.89. The Morgan fingerprint density at radius 3 is 2.47 bits per heavy atom. The molecular formula is C28H40N2O5S. The van der Waals surface area contributed by atoms with Gasteiger partial charge in [0.15, 0.2) is 0 Å². The fourth-order valence-electron chi connectivity index (χ4n) is 4.55. The quantitative estimate of drug-likeness (QED) is 0.347. The molecule has 1 fully saturated rings. The molecule has 0 aliphatic carbocycles. The SMILES string of the molecule is CCCCCC(C)C(C)c1sc(C(=O)O)cc1N(CC(=O)N1CCOCC1)Cc1ccc(OC)cc1. The minimum absolute atomic E-state index is 0.0319. The van der Waals surface area contributed by atoms with E-state index in [2.05, 4.69) is 20.8 Å². The predicted octanol–water partition coefficient (Wildman–Crippen LogP) is 5.64. The van der Waals surface area contributed by atoms with Crippen LogP contribution in [0.25, 0.3) is 0 Å². The molecule has 0 bridgehead atoms. The number of unbranched alkanes of at least 4 members (excludes halogenated alkanes) is 2. The maximum absolute atomic E-state index is 13.3. The standard InChI is InChI=1S/C28H40N2O5S/c1-5-6-7-8-20(2)21(3)27-24(17-25(36-27)28(32)33)30(18-22-9-11-23(34-4)12-10-22)19-26(31)29-13-15-35-16-14-29/h9-12,17,20-21H,5-8,13-16,18-19H2,1-4H3,(H,32,33). The fourth-order valence-corrected chi connectivity index (χ4v) is 5.76. The van der Waals surface area contributed by atoms with Gasteiger partial charge in [-0.2, -0.15) is 0 Å². The maximum atomic E-state index is 13.3. The van der Waals surface area contributed by atoms with Gasteiger partial charge in [0.1, 0.15) is 10.6 Å². The van der Waals surface area contributed by atoms with Crippen LogP contribution in [0.5, 0.6) is 5.75 Å². The summed E-state index contributed by atoms with van der Waals surface area (Å²) in [5.41, 5.74) is 1.88. The lowest BCUT2D eigenvalue weighted by molar-refractivity contribution is -0.133. The molecule has 0 spiro atoms. The predicted molar refractivity (Wildman–Crippen MR) is 144 cm³/mol. The number of rotatable bonds is 13. The highest BCUT2D eigenvalue weighted by Gasteiger charge is 2.28. The Morgan fingerprint density at radius 2 is 1.86 bits per heavy atom. The third-order valence-corrected chi connectivity index (χ3v) is 8.36. The van der Waals surface area contributed by atoms with Gasteiger partial charge < -0.3 is 24.4 Å². The van der Waals surface area contributed by atoms with Crippen molar-refractivity contribution in [3.8, 4) is 5.75 Å². The lowest BCUT2D eigenvalue weighted by Gasteiger charge is -2.32. The van der Waals surface area contributed by atoms with Crippen LogP contribution in [0, 0.1) is 5.92 Å². The summed E-state index contributed by atoms with van der Waals surface area (Å²) in [5, 5.41) is 9.82. The molecule has 8 heteroatoms. The number of anilines is 1. The highest BCUT2D eigenvalue weighted by molar-refractivity contribution is 7.14. The molecule has 1 amide bonds. The van der Waals surface area contributed by atoms with Gasteiger partial charge in [0.25, 0.3) is 0 Å². The van der Waals surface area contributed by atoms with Crippen LogP contribution in [0.2, 0.25) is 0 Å². The first kappa shape index (κ1) is 28.0. The summed E-state index contributed by atoms with van der Waals surface area (Å²) in [7, 11) is 1.64. The molecule has 1 aliphatic rings. The zero-order chi connectivity index (χ0) is 26.1. The number of carboxylic acids is 1. The second kappa shape index (κ2) is 13.7. The minimum Gasteiger partial charge on any atom is -0.497 e. The smallest absolute Gasteiger partial charge is 0.345 e. The summed E-state index contributed by atoms with van der Waals surface area (Å²) in [4.78, 5) is 30.5. The Balaban J connectivity index is 1.94. The molecule has 0 saturated carbocycles. The summed E-state index contributed by atoms with van der Waals surface area (Å²) in [6.07, 6.45) is 4.64. The van der Waals surface area contributed by atoms with Crippen molar-refractivity contribution < 1.29 is 24.2 Å². The van der Waals surface area contributed by atoms with E-state index in [1.807, 2.05) is 34.1 Å². The second-order valence-corrected chi connectivity index (χ2v) is 10.7. The zero-order valence-electron chi connectivity index (χ0n) is 22.0. The average Bonchev–Trinajstić information content (AvgIpc) is 3.34. The normalized spacial score (nSPS) is 15.4. The van der Waals surface area contributed by atoms with Crippen LogP contribution in [0.3, 0.4) is 0 Å². The van der Waals surface area contributed by atoms with Gasteiger partial charge in [0, 0.05) is 24.5 Å². The first-order valence-corrected chi connectivity index (χ1v) is 13.8. The van der Waals surface area contributed by atoms with Gasteiger partial charge in [-0.1, -0.05) is 58.6 Å². The molecule has 2 heterocycles. The monoisotopic (exact) mass is 516 g/mol. The van der Waals surface area contributed by atoms with Crippen LogP contribution in [0.15, 0.2) is 30.3 Å². The number of benzene rings is 1. The highest BCUT2D eigenvalue weighted by atomic mass is 32.1. The first-order valence-electron chi connectivity index (χ1n) is 12.9. The number of amides is 1. The molecule has 1 saturated heterocycles. The van der Waals surface area contributed by atoms with Crippen LogP contribution >= 0.6 is 11.3 Å². The van der Waals surface area contributed by atoms with Gasteiger partial charge >= 0.3 is 5.97 Å².